The molecule has 1 saturated heterocycles. The van der Waals surface area contributed by atoms with Crippen molar-refractivity contribution in [1.82, 2.24) is 15.4 Å². The van der Waals surface area contributed by atoms with Crippen LogP contribution in [-0.4, -0.2) is 34.5 Å². The van der Waals surface area contributed by atoms with Crippen LogP contribution in [0.4, 0.5) is 0 Å². The number of benzene rings is 1. The third-order valence-corrected chi connectivity index (χ3v) is 6.63. The van der Waals surface area contributed by atoms with E-state index in [-0.39, 0.29) is 28.6 Å². The molecule has 2 aliphatic rings. The van der Waals surface area contributed by atoms with Crippen molar-refractivity contribution in [3.63, 3.8) is 0 Å². The molecule has 1 aliphatic heterocycles. The molecule has 1 aromatic rings. The second-order valence-corrected chi connectivity index (χ2v) is 8.30. The van der Waals surface area contributed by atoms with Gasteiger partial charge in [-0.1, -0.05) is 18.6 Å². The molecule has 3 N–H and O–H groups in total. The highest BCUT2D eigenvalue weighted by Crippen LogP contribution is 2.45. The second kappa shape index (κ2) is 7.39. The number of hydrogen-bond donors (Lipinski definition) is 3. The van der Waals surface area contributed by atoms with Crippen molar-refractivity contribution >= 4 is 28.3 Å². The summed E-state index contributed by atoms with van der Waals surface area (Å²) in [5, 5.41) is 6.37. The molecule has 1 saturated carbocycles. The normalized spacial score (nSPS) is 25.8. The number of hydrogen-bond acceptors (Lipinski definition) is 4. The van der Waals surface area contributed by atoms with Crippen LogP contribution in [0.1, 0.15) is 24.8 Å². The average Bonchev–Trinajstić information content (AvgIpc) is 3.13. The van der Waals surface area contributed by atoms with E-state index >= 15 is 0 Å². The van der Waals surface area contributed by atoms with E-state index in [1.54, 1.807) is 24.3 Å². The van der Waals surface area contributed by atoms with Crippen LogP contribution >= 0.6 is 12.4 Å². The van der Waals surface area contributed by atoms with Gasteiger partial charge in [0.05, 0.1) is 10.3 Å². The van der Waals surface area contributed by atoms with E-state index in [4.69, 9.17) is 0 Å². The summed E-state index contributed by atoms with van der Waals surface area (Å²) in [4.78, 5) is 12.9. The predicted molar refractivity (Wildman–Crippen MR) is 94.4 cm³/mol. The van der Waals surface area contributed by atoms with Gasteiger partial charge in [-0.05, 0) is 50.0 Å². The van der Waals surface area contributed by atoms with E-state index in [0.717, 1.165) is 37.9 Å². The van der Waals surface area contributed by atoms with Gasteiger partial charge < -0.3 is 10.6 Å². The molecular weight excluding hydrogens is 350 g/mol. The summed E-state index contributed by atoms with van der Waals surface area (Å²) in [7, 11) is -2.03. The maximum Gasteiger partial charge on any atom is 0.240 e. The Morgan fingerprint density at radius 2 is 2.04 bits per heavy atom. The van der Waals surface area contributed by atoms with Crippen LogP contribution in [0.5, 0.6) is 0 Å². The van der Waals surface area contributed by atoms with E-state index in [9.17, 15) is 13.2 Å². The van der Waals surface area contributed by atoms with E-state index in [1.807, 2.05) is 0 Å². The van der Waals surface area contributed by atoms with Crippen molar-refractivity contribution in [3.05, 3.63) is 29.8 Å². The fraction of sp³-hybridized carbons (Fsp3) is 0.562. The fourth-order valence-electron chi connectivity index (χ4n) is 3.79. The standard InChI is InChI=1S/C16H23N3O3S.ClH/c1-17-23(21,22)14-6-4-12(5-7-14)9-19-15(20)16-8-2-3-13(16)10-18-11-16;/h4-7,13,17-18H,2-3,8-11H2,1H3,(H,19,20);1H/t13-,16-;/m1./s1. The molecule has 2 atom stereocenters. The molecule has 24 heavy (non-hydrogen) atoms. The molecule has 0 unspecified atom stereocenters. The van der Waals surface area contributed by atoms with Gasteiger partial charge in [-0.25, -0.2) is 13.1 Å². The Labute approximate surface area is 149 Å². The van der Waals surface area contributed by atoms with Gasteiger partial charge in [0.25, 0.3) is 0 Å². The van der Waals surface area contributed by atoms with Crippen LogP contribution in [0.2, 0.25) is 0 Å². The summed E-state index contributed by atoms with van der Waals surface area (Å²) in [5.41, 5.74) is 0.653. The SMILES string of the molecule is CNS(=O)(=O)c1ccc(CNC(=O)[C@@]23CCC[C@@H]2CNC3)cc1.Cl. The highest BCUT2D eigenvalue weighted by Gasteiger charge is 2.51. The zero-order valence-electron chi connectivity index (χ0n) is 13.7. The molecule has 0 spiro atoms. The number of carbonyl (C=O) groups excluding carboxylic acids is 1. The number of rotatable bonds is 5. The summed E-state index contributed by atoms with van der Waals surface area (Å²) in [5.74, 6) is 0.572. The minimum Gasteiger partial charge on any atom is -0.351 e. The van der Waals surface area contributed by atoms with Crippen molar-refractivity contribution in [3.8, 4) is 0 Å². The minimum atomic E-state index is -3.42. The van der Waals surface area contributed by atoms with Gasteiger partial charge in [0.1, 0.15) is 0 Å². The molecule has 1 heterocycles. The first-order valence-electron chi connectivity index (χ1n) is 7.99. The Balaban J connectivity index is 0.00000208. The first kappa shape index (κ1) is 19.2. The number of halogens is 1. The number of nitrogens with one attached hydrogen (secondary N) is 3. The van der Waals surface area contributed by atoms with Crippen LogP contribution in [0.3, 0.4) is 0 Å². The average molecular weight is 374 g/mol. The van der Waals surface area contributed by atoms with Gasteiger partial charge in [0.2, 0.25) is 15.9 Å². The van der Waals surface area contributed by atoms with Crippen LogP contribution in [0, 0.1) is 11.3 Å². The molecule has 3 rings (SSSR count). The monoisotopic (exact) mass is 373 g/mol. The summed E-state index contributed by atoms with van der Waals surface area (Å²) < 4.78 is 25.7. The quantitative estimate of drug-likeness (QED) is 0.719. The molecular formula is C16H24ClN3O3S. The lowest BCUT2D eigenvalue weighted by atomic mass is 9.80. The van der Waals surface area contributed by atoms with Crippen molar-refractivity contribution in [2.24, 2.45) is 11.3 Å². The van der Waals surface area contributed by atoms with Crippen LogP contribution in [0.25, 0.3) is 0 Å². The topological polar surface area (TPSA) is 87.3 Å². The second-order valence-electron chi connectivity index (χ2n) is 6.41. The summed E-state index contributed by atoms with van der Waals surface area (Å²) >= 11 is 0. The summed E-state index contributed by atoms with van der Waals surface area (Å²) in [6.07, 6.45) is 3.20. The smallest absolute Gasteiger partial charge is 0.240 e. The van der Waals surface area contributed by atoms with Gasteiger partial charge in [0, 0.05) is 13.1 Å². The summed E-state index contributed by atoms with van der Waals surface area (Å²) in [6.45, 7) is 2.13. The number of sulfonamides is 1. The number of carbonyl (C=O) groups is 1. The lowest BCUT2D eigenvalue weighted by Gasteiger charge is -2.26. The Morgan fingerprint density at radius 1 is 1.33 bits per heavy atom. The fourth-order valence-corrected chi connectivity index (χ4v) is 4.52. The molecule has 8 heteroatoms. The van der Waals surface area contributed by atoms with E-state index < -0.39 is 10.0 Å². The maximum absolute atomic E-state index is 12.6. The zero-order chi connectivity index (χ0) is 16.5. The number of amides is 1. The molecule has 1 aromatic carbocycles. The predicted octanol–water partition coefficient (Wildman–Crippen LogP) is 1.02. The third kappa shape index (κ3) is 3.44. The highest BCUT2D eigenvalue weighted by atomic mass is 35.5. The number of fused-ring (bicyclic) bond motifs is 1. The molecule has 0 radical (unpaired) electrons. The Morgan fingerprint density at radius 3 is 2.71 bits per heavy atom. The van der Waals surface area contributed by atoms with Crippen molar-refractivity contribution in [1.29, 1.82) is 0 Å². The zero-order valence-corrected chi connectivity index (χ0v) is 15.3. The lowest BCUT2D eigenvalue weighted by Crippen LogP contribution is -2.43. The first-order chi connectivity index (χ1) is 11.0. The molecule has 6 nitrogen and oxygen atoms in total. The first-order valence-corrected chi connectivity index (χ1v) is 9.48. The summed E-state index contributed by atoms with van der Waals surface area (Å²) in [6, 6.07) is 6.59. The molecule has 0 bridgehead atoms. The van der Waals surface area contributed by atoms with Crippen molar-refractivity contribution < 1.29 is 13.2 Å². The molecule has 1 aliphatic carbocycles. The molecule has 134 valence electrons. The van der Waals surface area contributed by atoms with Gasteiger partial charge in [-0.15, -0.1) is 12.4 Å². The van der Waals surface area contributed by atoms with Crippen LogP contribution in [-0.2, 0) is 21.4 Å². The van der Waals surface area contributed by atoms with E-state index in [2.05, 4.69) is 15.4 Å². The van der Waals surface area contributed by atoms with Gasteiger partial charge in [0.15, 0.2) is 0 Å². The Hall–Kier alpha value is -1.15. The van der Waals surface area contributed by atoms with Crippen molar-refractivity contribution in [2.45, 2.75) is 30.7 Å². The highest BCUT2D eigenvalue weighted by molar-refractivity contribution is 7.89. The van der Waals surface area contributed by atoms with Crippen LogP contribution in [0.15, 0.2) is 29.2 Å². The van der Waals surface area contributed by atoms with Gasteiger partial charge in [-0.2, -0.15) is 0 Å². The van der Waals surface area contributed by atoms with Gasteiger partial charge in [-0.3, -0.25) is 4.79 Å². The third-order valence-electron chi connectivity index (χ3n) is 5.20. The molecule has 1 amide bonds. The van der Waals surface area contributed by atoms with E-state index in [1.165, 1.54) is 7.05 Å². The molecule has 0 aromatic heterocycles. The minimum absolute atomic E-state index is 0. The Kier molecular flexibility index (Phi) is 5.91. The molecule has 2 fully saturated rings. The lowest BCUT2D eigenvalue weighted by molar-refractivity contribution is -0.131. The maximum atomic E-state index is 12.6. The Bertz CT molecular complexity index is 681. The van der Waals surface area contributed by atoms with Crippen molar-refractivity contribution in [2.75, 3.05) is 20.1 Å². The largest absolute Gasteiger partial charge is 0.351 e. The van der Waals surface area contributed by atoms with Gasteiger partial charge >= 0.3 is 0 Å². The van der Waals surface area contributed by atoms with E-state index in [0.29, 0.717) is 12.5 Å². The van der Waals surface area contributed by atoms with Crippen LogP contribution < -0.4 is 15.4 Å².